The zero-order valence-corrected chi connectivity index (χ0v) is 16.0. The Morgan fingerprint density at radius 2 is 2.04 bits per heavy atom. The minimum absolute atomic E-state index is 0.0156. The van der Waals surface area contributed by atoms with Gasteiger partial charge in [-0.1, -0.05) is 19.1 Å². The second kappa shape index (κ2) is 8.02. The lowest BCUT2D eigenvalue weighted by Crippen LogP contribution is -2.25. The van der Waals surface area contributed by atoms with E-state index in [9.17, 15) is 4.79 Å². The van der Waals surface area contributed by atoms with E-state index in [1.807, 2.05) is 24.3 Å². The highest BCUT2D eigenvalue weighted by atomic mass is 32.1. The Morgan fingerprint density at radius 1 is 1.28 bits per heavy atom. The van der Waals surface area contributed by atoms with Crippen molar-refractivity contribution in [2.75, 3.05) is 6.61 Å². The van der Waals surface area contributed by atoms with Gasteiger partial charge in [-0.3, -0.25) is 9.69 Å². The number of thiophene rings is 1. The average Bonchev–Trinajstić information content (AvgIpc) is 3.18. The van der Waals surface area contributed by atoms with E-state index in [0.29, 0.717) is 12.6 Å². The molecule has 3 rings (SSSR count). The number of ether oxygens (including phenoxy) is 1. The molecule has 1 aliphatic rings. The molecule has 25 heavy (non-hydrogen) atoms. The SMILES string of the molecule is CCCOc1ccc(CNC(=O)c2cc3c(s2)CN(C(C)C)C3)cc1. The summed E-state index contributed by atoms with van der Waals surface area (Å²) in [4.78, 5) is 17.0. The molecular weight excluding hydrogens is 332 g/mol. The van der Waals surface area contributed by atoms with Crippen molar-refractivity contribution >= 4 is 17.2 Å². The number of amides is 1. The van der Waals surface area contributed by atoms with Gasteiger partial charge in [0.05, 0.1) is 11.5 Å². The van der Waals surface area contributed by atoms with Gasteiger partial charge in [-0.15, -0.1) is 11.3 Å². The number of nitrogens with one attached hydrogen (secondary N) is 1. The molecule has 1 aromatic carbocycles. The molecule has 0 bridgehead atoms. The average molecular weight is 359 g/mol. The van der Waals surface area contributed by atoms with Crippen LogP contribution in [-0.2, 0) is 19.6 Å². The highest BCUT2D eigenvalue weighted by molar-refractivity contribution is 7.14. The smallest absolute Gasteiger partial charge is 0.261 e. The lowest BCUT2D eigenvalue weighted by molar-refractivity contribution is 0.0955. The molecule has 5 heteroatoms. The molecule has 1 amide bonds. The Morgan fingerprint density at radius 3 is 2.68 bits per heavy atom. The molecule has 2 heterocycles. The molecule has 1 aromatic heterocycles. The van der Waals surface area contributed by atoms with Crippen LogP contribution in [-0.4, -0.2) is 23.5 Å². The van der Waals surface area contributed by atoms with Crippen LogP contribution in [0.4, 0.5) is 0 Å². The Balaban J connectivity index is 1.53. The fourth-order valence-corrected chi connectivity index (χ4v) is 3.98. The van der Waals surface area contributed by atoms with Gasteiger partial charge in [0.2, 0.25) is 0 Å². The first-order valence-corrected chi connectivity index (χ1v) is 9.74. The van der Waals surface area contributed by atoms with Gasteiger partial charge in [-0.25, -0.2) is 0 Å². The van der Waals surface area contributed by atoms with E-state index in [2.05, 4.69) is 37.1 Å². The Bertz CT molecular complexity index is 698. The summed E-state index contributed by atoms with van der Waals surface area (Å²) >= 11 is 1.62. The first kappa shape index (κ1) is 18.0. The second-order valence-electron chi connectivity index (χ2n) is 6.73. The van der Waals surface area contributed by atoms with Crippen molar-refractivity contribution in [1.82, 2.24) is 10.2 Å². The first-order chi connectivity index (χ1) is 12.1. The van der Waals surface area contributed by atoms with Crippen molar-refractivity contribution in [3.63, 3.8) is 0 Å². The predicted molar refractivity (Wildman–Crippen MR) is 102 cm³/mol. The first-order valence-electron chi connectivity index (χ1n) is 8.92. The molecule has 0 radical (unpaired) electrons. The summed E-state index contributed by atoms with van der Waals surface area (Å²) < 4.78 is 5.58. The van der Waals surface area contributed by atoms with E-state index in [1.54, 1.807) is 11.3 Å². The van der Waals surface area contributed by atoms with Gasteiger partial charge < -0.3 is 10.1 Å². The molecule has 0 saturated heterocycles. The van der Waals surface area contributed by atoms with Crippen LogP contribution in [0.3, 0.4) is 0 Å². The minimum Gasteiger partial charge on any atom is -0.494 e. The van der Waals surface area contributed by atoms with Crippen LogP contribution in [0.5, 0.6) is 5.75 Å². The molecule has 0 spiro atoms. The van der Waals surface area contributed by atoms with Gasteiger partial charge in [-0.05, 0) is 49.6 Å². The van der Waals surface area contributed by atoms with Gasteiger partial charge in [0.15, 0.2) is 0 Å². The summed E-state index contributed by atoms with van der Waals surface area (Å²) in [7, 11) is 0. The van der Waals surface area contributed by atoms with Gasteiger partial charge in [0.25, 0.3) is 5.91 Å². The summed E-state index contributed by atoms with van der Waals surface area (Å²) in [5, 5.41) is 3.02. The van der Waals surface area contributed by atoms with Gasteiger partial charge in [0.1, 0.15) is 5.75 Å². The van der Waals surface area contributed by atoms with E-state index in [4.69, 9.17) is 4.74 Å². The molecule has 0 aliphatic carbocycles. The summed E-state index contributed by atoms with van der Waals surface area (Å²) in [6, 6.07) is 10.5. The number of carbonyl (C=O) groups is 1. The van der Waals surface area contributed by atoms with Crippen molar-refractivity contribution in [2.24, 2.45) is 0 Å². The van der Waals surface area contributed by atoms with Crippen molar-refractivity contribution in [2.45, 2.75) is 52.9 Å². The monoisotopic (exact) mass is 358 g/mol. The van der Waals surface area contributed by atoms with Crippen LogP contribution < -0.4 is 10.1 Å². The van der Waals surface area contributed by atoms with Crippen LogP contribution in [0.15, 0.2) is 30.3 Å². The van der Waals surface area contributed by atoms with Crippen molar-refractivity contribution in [3.8, 4) is 5.75 Å². The number of hydrogen-bond donors (Lipinski definition) is 1. The van der Waals surface area contributed by atoms with Crippen LogP contribution in [0.25, 0.3) is 0 Å². The molecule has 4 nitrogen and oxygen atoms in total. The predicted octanol–water partition coefficient (Wildman–Crippen LogP) is 4.19. The molecule has 1 N–H and O–H groups in total. The van der Waals surface area contributed by atoms with Crippen molar-refractivity contribution in [1.29, 1.82) is 0 Å². The van der Waals surface area contributed by atoms with E-state index < -0.39 is 0 Å². The lowest BCUT2D eigenvalue weighted by atomic mass is 10.2. The number of hydrogen-bond acceptors (Lipinski definition) is 4. The topological polar surface area (TPSA) is 41.6 Å². The van der Waals surface area contributed by atoms with Crippen LogP contribution >= 0.6 is 11.3 Å². The third-order valence-electron chi connectivity index (χ3n) is 4.42. The van der Waals surface area contributed by atoms with Crippen LogP contribution in [0, 0.1) is 0 Å². The number of fused-ring (bicyclic) bond motifs is 1. The number of rotatable bonds is 7. The van der Waals surface area contributed by atoms with E-state index >= 15 is 0 Å². The molecule has 0 unspecified atom stereocenters. The number of benzene rings is 1. The Labute approximate surface area is 153 Å². The summed E-state index contributed by atoms with van der Waals surface area (Å²) in [6.45, 7) is 9.69. The fraction of sp³-hybridized carbons (Fsp3) is 0.450. The van der Waals surface area contributed by atoms with E-state index in [-0.39, 0.29) is 5.91 Å². The van der Waals surface area contributed by atoms with Crippen molar-refractivity contribution < 1.29 is 9.53 Å². The largest absolute Gasteiger partial charge is 0.494 e. The molecule has 0 atom stereocenters. The highest BCUT2D eigenvalue weighted by Gasteiger charge is 2.25. The molecule has 2 aromatic rings. The zero-order valence-electron chi connectivity index (χ0n) is 15.2. The van der Waals surface area contributed by atoms with Crippen LogP contribution in [0.2, 0.25) is 0 Å². The molecule has 0 saturated carbocycles. The minimum atomic E-state index is 0.0156. The molecular formula is C20H26N2O2S. The van der Waals surface area contributed by atoms with E-state index in [1.165, 1.54) is 10.4 Å². The number of nitrogens with zero attached hydrogens (tertiary/aromatic N) is 1. The van der Waals surface area contributed by atoms with Crippen molar-refractivity contribution in [3.05, 3.63) is 51.2 Å². The van der Waals surface area contributed by atoms with Gasteiger partial charge >= 0.3 is 0 Å². The summed E-state index contributed by atoms with van der Waals surface area (Å²) in [5.74, 6) is 0.892. The fourth-order valence-electron chi connectivity index (χ4n) is 2.86. The normalized spacial score (nSPS) is 13.9. The maximum atomic E-state index is 12.4. The van der Waals surface area contributed by atoms with Gasteiger partial charge in [0, 0.05) is 30.6 Å². The van der Waals surface area contributed by atoms with Gasteiger partial charge in [-0.2, -0.15) is 0 Å². The quantitative estimate of drug-likeness (QED) is 0.807. The maximum Gasteiger partial charge on any atom is 0.261 e. The second-order valence-corrected chi connectivity index (χ2v) is 7.87. The van der Waals surface area contributed by atoms with Crippen LogP contribution in [0.1, 0.15) is 52.9 Å². The molecule has 1 aliphatic heterocycles. The Hall–Kier alpha value is -1.85. The molecule has 0 fully saturated rings. The highest BCUT2D eigenvalue weighted by Crippen LogP contribution is 2.32. The molecule has 134 valence electrons. The van der Waals surface area contributed by atoms with E-state index in [0.717, 1.165) is 42.3 Å². The maximum absolute atomic E-state index is 12.4. The zero-order chi connectivity index (χ0) is 17.8. The number of carbonyl (C=O) groups excluding carboxylic acids is 1. The third kappa shape index (κ3) is 4.41. The third-order valence-corrected chi connectivity index (χ3v) is 5.58. The summed E-state index contributed by atoms with van der Waals surface area (Å²) in [5.41, 5.74) is 2.38. The standard InChI is InChI=1S/C20H26N2O2S/c1-4-9-24-17-7-5-15(6-8-17)11-21-20(23)18-10-16-12-22(14(2)3)13-19(16)25-18/h5-8,10,14H,4,9,11-13H2,1-3H3,(H,21,23). The Kier molecular flexibility index (Phi) is 5.76. The lowest BCUT2D eigenvalue weighted by Gasteiger charge is -2.19. The summed E-state index contributed by atoms with van der Waals surface area (Å²) in [6.07, 6.45) is 0.998.